The first-order chi connectivity index (χ1) is 13.5. The lowest BCUT2D eigenvalue weighted by Crippen LogP contribution is -2.34. The smallest absolute Gasteiger partial charge is 0.264 e. The maximum Gasteiger partial charge on any atom is 0.264 e. The number of amides is 2. The number of aromatic nitrogens is 1. The van der Waals surface area contributed by atoms with Gasteiger partial charge in [-0.3, -0.25) is 9.59 Å². The Hall–Kier alpha value is -2.16. The van der Waals surface area contributed by atoms with E-state index in [-0.39, 0.29) is 18.4 Å². The number of pyridine rings is 1. The fourth-order valence-corrected chi connectivity index (χ4v) is 4.62. The minimum atomic E-state index is -0.235. The molecule has 0 saturated heterocycles. The van der Waals surface area contributed by atoms with Gasteiger partial charge in [-0.15, -0.1) is 23.1 Å². The van der Waals surface area contributed by atoms with Gasteiger partial charge in [0.1, 0.15) is 0 Å². The summed E-state index contributed by atoms with van der Waals surface area (Å²) in [6.07, 6.45) is 1.77. The first kappa shape index (κ1) is 20.6. The van der Waals surface area contributed by atoms with Gasteiger partial charge in [-0.05, 0) is 57.9 Å². The quantitative estimate of drug-likeness (QED) is 0.493. The molecule has 0 aliphatic rings. The maximum atomic E-state index is 12.3. The number of likely N-dealkylation sites (N-methyl/N-ethyl adjacent to an activating group) is 1. The fraction of sp³-hybridized carbons (Fsp3) is 0.150. The molecule has 0 spiro atoms. The van der Waals surface area contributed by atoms with E-state index in [1.54, 1.807) is 31.1 Å². The summed E-state index contributed by atoms with van der Waals surface area (Å²) < 4.78 is 0.883. The Kier molecular flexibility index (Phi) is 7.24. The molecule has 0 aliphatic carbocycles. The van der Waals surface area contributed by atoms with Crippen LogP contribution in [0.5, 0.6) is 0 Å². The van der Waals surface area contributed by atoms with Gasteiger partial charge in [0.2, 0.25) is 5.91 Å². The number of hydrogen-bond donors (Lipinski definition) is 1. The molecule has 5 nitrogen and oxygen atoms in total. The lowest BCUT2D eigenvalue weighted by Gasteiger charge is -2.16. The van der Waals surface area contributed by atoms with E-state index in [9.17, 15) is 9.59 Å². The van der Waals surface area contributed by atoms with E-state index < -0.39 is 0 Å². The summed E-state index contributed by atoms with van der Waals surface area (Å²) in [6.45, 7) is -0.0126. The van der Waals surface area contributed by atoms with Crippen LogP contribution in [0.15, 0.2) is 69.6 Å². The molecule has 3 rings (SSSR count). The maximum absolute atomic E-state index is 12.3. The van der Waals surface area contributed by atoms with Crippen LogP contribution in [0.4, 0.5) is 5.69 Å². The van der Waals surface area contributed by atoms with Crippen molar-refractivity contribution in [1.29, 1.82) is 0 Å². The van der Waals surface area contributed by atoms with Gasteiger partial charge in [0, 0.05) is 24.7 Å². The topological polar surface area (TPSA) is 62.3 Å². The van der Waals surface area contributed by atoms with Crippen molar-refractivity contribution in [2.45, 2.75) is 10.8 Å². The summed E-state index contributed by atoms with van der Waals surface area (Å²) in [7, 11) is 1.62. The van der Waals surface area contributed by atoms with Gasteiger partial charge < -0.3 is 10.2 Å². The van der Waals surface area contributed by atoms with Crippen LogP contribution in [-0.4, -0.2) is 35.3 Å². The van der Waals surface area contributed by atoms with E-state index >= 15 is 0 Å². The second kappa shape index (κ2) is 9.86. The number of hydrogen-bond acceptors (Lipinski definition) is 5. The minimum absolute atomic E-state index is 0.0126. The van der Waals surface area contributed by atoms with E-state index in [4.69, 9.17) is 0 Å². The summed E-state index contributed by atoms with van der Waals surface area (Å²) in [5, 5.41) is 3.82. The van der Waals surface area contributed by atoms with Crippen molar-refractivity contribution < 1.29 is 9.59 Å². The molecule has 0 radical (unpaired) electrons. The van der Waals surface area contributed by atoms with Crippen LogP contribution in [0.3, 0.4) is 0 Å². The zero-order valence-corrected chi connectivity index (χ0v) is 18.3. The van der Waals surface area contributed by atoms with Crippen molar-refractivity contribution >= 4 is 56.5 Å². The number of thiophene rings is 1. The van der Waals surface area contributed by atoms with Gasteiger partial charge >= 0.3 is 0 Å². The Balaban J connectivity index is 1.54. The molecule has 0 bridgehead atoms. The van der Waals surface area contributed by atoms with Gasteiger partial charge in [0.05, 0.1) is 20.2 Å². The highest BCUT2D eigenvalue weighted by molar-refractivity contribution is 9.11. The van der Waals surface area contributed by atoms with Crippen LogP contribution in [-0.2, 0) is 10.5 Å². The van der Waals surface area contributed by atoms with Crippen molar-refractivity contribution in [2.75, 3.05) is 18.9 Å². The molecule has 8 heteroatoms. The predicted octanol–water partition coefficient (Wildman–Crippen LogP) is 4.91. The van der Waals surface area contributed by atoms with Gasteiger partial charge in [-0.25, -0.2) is 4.98 Å². The average molecular weight is 476 g/mol. The van der Waals surface area contributed by atoms with E-state index in [0.29, 0.717) is 10.6 Å². The van der Waals surface area contributed by atoms with Crippen LogP contribution >= 0.6 is 39.0 Å². The second-order valence-electron chi connectivity index (χ2n) is 5.97. The van der Waals surface area contributed by atoms with Crippen molar-refractivity contribution in [2.24, 2.45) is 0 Å². The molecular weight excluding hydrogens is 458 g/mol. The molecule has 28 heavy (non-hydrogen) atoms. The summed E-state index contributed by atoms with van der Waals surface area (Å²) in [5.41, 5.74) is 1.80. The van der Waals surface area contributed by atoms with Crippen LogP contribution in [0.2, 0.25) is 0 Å². The predicted molar refractivity (Wildman–Crippen MR) is 118 cm³/mol. The number of thioether (sulfide) groups is 1. The number of nitrogens with one attached hydrogen (secondary N) is 1. The first-order valence-corrected chi connectivity index (χ1v) is 11.0. The third kappa shape index (κ3) is 5.92. The molecule has 0 atom stereocenters. The lowest BCUT2D eigenvalue weighted by atomic mass is 10.2. The normalized spacial score (nSPS) is 10.5. The van der Waals surface area contributed by atoms with Gasteiger partial charge in [-0.1, -0.05) is 18.2 Å². The van der Waals surface area contributed by atoms with Crippen molar-refractivity contribution in [3.8, 4) is 0 Å². The van der Waals surface area contributed by atoms with Crippen LogP contribution in [0, 0.1) is 0 Å². The third-order valence-corrected chi connectivity index (χ3v) is 6.37. The Labute approximate surface area is 180 Å². The molecule has 0 saturated carbocycles. The number of carbonyl (C=O) groups excluding carboxylic acids is 2. The number of nitrogens with zero attached hydrogens (tertiary/aromatic N) is 2. The first-order valence-electron chi connectivity index (χ1n) is 8.44. The average Bonchev–Trinajstić information content (AvgIpc) is 3.13. The highest BCUT2D eigenvalue weighted by atomic mass is 79.9. The number of rotatable bonds is 7. The van der Waals surface area contributed by atoms with Crippen LogP contribution in [0.1, 0.15) is 15.2 Å². The molecule has 1 aromatic carbocycles. The minimum Gasteiger partial charge on any atom is -0.332 e. The Morgan fingerprint density at radius 3 is 2.75 bits per heavy atom. The van der Waals surface area contributed by atoms with E-state index in [1.165, 1.54) is 16.2 Å². The second-order valence-corrected chi connectivity index (χ2v) is 9.43. The lowest BCUT2D eigenvalue weighted by molar-refractivity contribution is -0.116. The molecule has 0 fully saturated rings. The van der Waals surface area contributed by atoms with Crippen molar-refractivity contribution in [3.63, 3.8) is 0 Å². The Bertz CT molecular complexity index is 963. The molecule has 144 valence electrons. The number of anilines is 1. The Morgan fingerprint density at radius 2 is 2.04 bits per heavy atom. The van der Waals surface area contributed by atoms with Crippen molar-refractivity contribution in [1.82, 2.24) is 9.88 Å². The van der Waals surface area contributed by atoms with Gasteiger partial charge in [-0.2, -0.15) is 0 Å². The molecule has 2 heterocycles. The summed E-state index contributed by atoms with van der Waals surface area (Å²) >= 11 is 6.32. The molecule has 0 unspecified atom stereocenters. The monoisotopic (exact) mass is 475 g/mol. The van der Waals surface area contributed by atoms with Crippen molar-refractivity contribution in [3.05, 3.63) is 75.0 Å². The van der Waals surface area contributed by atoms with Gasteiger partial charge in [0.15, 0.2) is 0 Å². The highest BCUT2D eigenvalue weighted by Gasteiger charge is 2.16. The fourth-order valence-electron chi connectivity index (χ4n) is 2.43. The number of benzene rings is 1. The summed E-state index contributed by atoms with van der Waals surface area (Å²) in [6, 6.07) is 17.1. The third-order valence-electron chi connectivity index (χ3n) is 3.75. The summed E-state index contributed by atoms with van der Waals surface area (Å²) in [4.78, 5) is 31.0. The zero-order valence-electron chi connectivity index (χ0n) is 15.1. The highest BCUT2D eigenvalue weighted by Crippen LogP contribution is 2.23. The standard InChI is InChI=1S/C20H18BrN3O2S2/c1-24(20(26)16-8-9-17(21)28-16)12-18(25)23-15-6-4-5-14(11-15)13-27-19-7-2-3-10-22-19/h2-11H,12-13H2,1H3,(H,23,25). The largest absolute Gasteiger partial charge is 0.332 e. The van der Waals surface area contributed by atoms with E-state index in [1.807, 2.05) is 48.5 Å². The van der Waals surface area contributed by atoms with E-state index in [0.717, 1.165) is 20.1 Å². The van der Waals surface area contributed by atoms with E-state index in [2.05, 4.69) is 26.2 Å². The number of carbonyl (C=O) groups is 2. The van der Waals surface area contributed by atoms with Crippen LogP contribution in [0.25, 0.3) is 0 Å². The SMILES string of the molecule is CN(CC(=O)Nc1cccc(CSc2ccccn2)c1)C(=O)c1ccc(Br)s1. The molecule has 2 aromatic heterocycles. The molecular formula is C20H18BrN3O2S2. The molecule has 2 amide bonds. The zero-order chi connectivity index (χ0) is 19.9. The van der Waals surface area contributed by atoms with Gasteiger partial charge in [0.25, 0.3) is 5.91 Å². The number of halogens is 1. The summed E-state index contributed by atoms with van der Waals surface area (Å²) in [5.74, 6) is 0.346. The molecule has 0 aliphatic heterocycles. The Morgan fingerprint density at radius 1 is 1.18 bits per heavy atom. The van der Waals surface area contributed by atoms with Crippen LogP contribution < -0.4 is 5.32 Å². The molecule has 1 N–H and O–H groups in total. The molecule has 3 aromatic rings.